The Morgan fingerprint density at radius 1 is 1.08 bits per heavy atom. The van der Waals surface area contributed by atoms with Crippen LogP contribution < -0.4 is 9.47 Å². The SMILES string of the molecule is CCCCCCOc1ccnc(C(=O)O)c1OCc1ccccc1. The second kappa shape index (κ2) is 9.55. The molecule has 0 saturated heterocycles. The molecule has 2 aromatic rings. The third kappa shape index (κ3) is 5.26. The van der Waals surface area contributed by atoms with Crippen LogP contribution in [0.15, 0.2) is 42.6 Å². The Morgan fingerprint density at radius 3 is 2.58 bits per heavy atom. The molecule has 0 spiro atoms. The van der Waals surface area contributed by atoms with Gasteiger partial charge < -0.3 is 14.6 Å². The van der Waals surface area contributed by atoms with Crippen molar-refractivity contribution in [1.82, 2.24) is 4.98 Å². The average molecular weight is 329 g/mol. The lowest BCUT2D eigenvalue weighted by Gasteiger charge is -2.14. The molecule has 128 valence electrons. The van der Waals surface area contributed by atoms with Gasteiger partial charge in [0.2, 0.25) is 0 Å². The largest absolute Gasteiger partial charge is 0.490 e. The summed E-state index contributed by atoms with van der Waals surface area (Å²) in [7, 11) is 0. The Bertz CT molecular complexity index is 643. The lowest BCUT2D eigenvalue weighted by atomic mass is 10.2. The molecule has 0 amide bonds. The maximum atomic E-state index is 11.4. The molecule has 0 aliphatic carbocycles. The summed E-state index contributed by atoms with van der Waals surface area (Å²) in [4.78, 5) is 15.3. The molecule has 0 fully saturated rings. The Morgan fingerprint density at radius 2 is 1.88 bits per heavy atom. The second-order valence-corrected chi connectivity index (χ2v) is 5.48. The van der Waals surface area contributed by atoms with Crippen molar-refractivity contribution >= 4 is 5.97 Å². The van der Waals surface area contributed by atoms with Crippen molar-refractivity contribution in [3.05, 3.63) is 53.9 Å². The van der Waals surface area contributed by atoms with E-state index in [1.807, 2.05) is 30.3 Å². The van der Waals surface area contributed by atoms with Gasteiger partial charge in [-0.15, -0.1) is 0 Å². The number of aromatic carboxylic acids is 1. The number of pyridine rings is 1. The fraction of sp³-hybridized carbons (Fsp3) is 0.368. The van der Waals surface area contributed by atoms with Crippen molar-refractivity contribution in [3.63, 3.8) is 0 Å². The topological polar surface area (TPSA) is 68.7 Å². The highest BCUT2D eigenvalue weighted by Gasteiger charge is 2.18. The maximum Gasteiger partial charge on any atom is 0.358 e. The predicted octanol–water partition coefficient (Wildman–Crippen LogP) is 4.32. The van der Waals surface area contributed by atoms with Crippen LogP contribution in [0.25, 0.3) is 0 Å². The molecule has 24 heavy (non-hydrogen) atoms. The smallest absolute Gasteiger partial charge is 0.358 e. The van der Waals surface area contributed by atoms with Crippen molar-refractivity contribution in [2.24, 2.45) is 0 Å². The van der Waals surface area contributed by atoms with E-state index in [2.05, 4.69) is 11.9 Å². The molecule has 1 heterocycles. The number of benzene rings is 1. The molecule has 2 rings (SSSR count). The Hall–Kier alpha value is -2.56. The zero-order valence-electron chi connectivity index (χ0n) is 13.9. The van der Waals surface area contributed by atoms with E-state index in [1.54, 1.807) is 6.07 Å². The fourth-order valence-electron chi connectivity index (χ4n) is 2.28. The summed E-state index contributed by atoms with van der Waals surface area (Å²) < 4.78 is 11.5. The van der Waals surface area contributed by atoms with Gasteiger partial charge in [0.25, 0.3) is 0 Å². The van der Waals surface area contributed by atoms with Crippen LogP contribution in [0.2, 0.25) is 0 Å². The quantitative estimate of drug-likeness (QED) is 0.658. The van der Waals surface area contributed by atoms with Gasteiger partial charge in [0.1, 0.15) is 6.61 Å². The van der Waals surface area contributed by atoms with Gasteiger partial charge in [0.15, 0.2) is 17.2 Å². The molecule has 0 aliphatic rings. The summed E-state index contributed by atoms with van der Waals surface area (Å²) >= 11 is 0. The molecule has 1 N–H and O–H groups in total. The Kier molecular flexibility index (Phi) is 7.08. The predicted molar refractivity (Wildman–Crippen MR) is 91.6 cm³/mol. The van der Waals surface area contributed by atoms with Gasteiger partial charge in [0.05, 0.1) is 6.61 Å². The van der Waals surface area contributed by atoms with Crippen LogP contribution in [0, 0.1) is 0 Å². The summed E-state index contributed by atoms with van der Waals surface area (Å²) in [6.07, 6.45) is 5.77. The highest BCUT2D eigenvalue weighted by atomic mass is 16.5. The first-order chi connectivity index (χ1) is 11.7. The number of carbonyl (C=O) groups is 1. The monoisotopic (exact) mass is 329 g/mol. The molecule has 0 atom stereocenters. The van der Waals surface area contributed by atoms with E-state index in [0.717, 1.165) is 31.2 Å². The van der Waals surface area contributed by atoms with E-state index >= 15 is 0 Å². The van der Waals surface area contributed by atoms with Crippen molar-refractivity contribution < 1.29 is 19.4 Å². The van der Waals surface area contributed by atoms with Gasteiger partial charge in [-0.05, 0) is 12.0 Å². The highest BCUT2D eigenvalue weighted by Crippen LogP contribution is 2.31. The molecule has 0 radical (unpaired) electrons. The first kappa shape index (κ1) is 17.8. The lowest BCUT2D eigenvalue weighted by Crippen LogP contribution is -2.09. The van der Waals surface area contributed by atoms with Crippen LogP contribution in [0.1, 0.15) is 48.7 Å². The van der Waals surface area contributed by atoms with Crippen LogP contribution in [0.3, 0.4) is 0 Å². The molecule has 0 unspecified atom stereocenters. The van der Waals surface area contributed by atoms with Crippen molar-refractivity contribution in [3.8, 4) is 11.5 Å². The van der Waals surface area contributed by atoms with E-state index < -0.39 is 5.97 Å². The number of hydrogen-bond acceptors (Lipinski definition) is 4. The minimum absolute atomic E-state index is 0.128. The normalized spacial score (nSPS) is 10.4. The average Bonchev–Trinajstić information content (AvgIpc) is 2.61. The minimum Gasteiger partial charge on any atom is -0.490 e. The number of aromatic nitrogens is 1. The first-order valence-electron chi connectivity index (χ1n) is 8.24. The molecule has 1 aromatic heterocycles. The van der Waals surface area contributed by atoms with Gasteiger partial charge in [-0.1, -0.05) is 56.5 Å². The van der Waals surface area contributed by atoms with Crippen LogP contribution >= 0.6 is 0 Å². The van der Waals surface area contributed by atoms with Crippen LogP contribution in [-0.2, 0) is 6.61 Å². The number of ether oxygens (including phenoxy) is 2. The van der Waals surface area contributed by atoms with E-state index in [0.29, 0.717) is 12.4 Å². The summed E-state index contributed by atoms with van der Waals surface area (Å²) in [5.41, 5.74) is 0.823. The standard InChI is InChI=1S/C19H23NO4/c1-2-3-4-8-13-23-16-11-12-20-17(19(21)22)18(16)24-14-15-9-6-5-7-10-15/h5-7,9-12H,2-4,8,13-14H2,1H3,(H,21,22). The number of unbranched alkanes of at least 4 members (excludes halogenated alkanes) is 3. The van der Waals surface area contributed by atoms with Gasteiger partial charge >= 0.3 is 5.97 Å². The molecule has 5 heteroatoms. The number of carboxylic acids is 1. The van der Waals surface area contributed by atoms with Crippen LogP contribution in [-0.4, -0.2) is 22.7 Å². The van der Waals surface area contributed by atoms with E-state index in [9.17, 15) is 9.90 Å². The van der Waals surface area contributed by atoms with Crippen molar-refractivity contribution in [2.45, 2.75) is 39.2 Å². The van der Waals surface area contributed by atoms with E-state index in [1.165, 1.54) is 6.20 Å². The number of rotatable bonds is 10. The third-order valence-corrected chi connectivity index (χ3v) is 3.55. The molecule has 1 aromatic carbocycles. The lowest BCUT2D eigenvalue weighted by molar-refractivity contribution is 0.0683. The van der Waals surface area contributed by atoms with Crippen LogP contribution in [0.5, 0.6) is 11.5 Å². The fourth-order valence-corrected chi connectivity index (χ4v) is 2.28. The summed E-state index contributed by atoms with van der Waals surface area (Å²) in [6.45, 7) is 2.95. The van der Waals surface area contributed by atoms with Gasteiger partial charge in [-0.25, -0.2) is 9.78 Å². The van der Waals surface area contributed by atoms with E-state index in [-0.39, 0.29) is 18.1 Å². The zero-order valence-corrected chi connectivity index (χ0v) is 13.9. The van der Waals surface area contributed by atoms with Crippen molar-refractivity contribution in [1.29, 1.82) is 0 Å². The summed E-state index contributed by atoms with van der Waals surface area (Å²) in [6, 6.07) is 11.2. The molecular weight excluding hydrogens is 306 g/mol. The molecule has 0 aliphatic heterocycles. The first-order valence-corrected chi connectivity index (χ1v) is 8.24. The van der Waals surface area contributed by atoms with Crippen LogP contribution in [0.4, 0.5) is 0 Å². The molecule has 0 bridgehead atoms. The molecule has 5 nitrogen and oxygen atoms in total. The minimum atomic E-state index is -1.13. The van der Waals surface area contributed by atoms with E-state index in [4.69, 9.17) is 9.47 Å². The number of carboxylic acid groups (broad SMARTS) is 1. The zero-order chi connectivity index (χ0) is 17.2. The molecule has 0 saturated carbocycles. The third-order valence-electron chi connectivity index (χ3n) is 3.55. The molecular formula is C19H23NO4. The van der Waals surface area contributed by atoms with Gasteiger partial charge in [0, 0.05) is 12.3 Å². The second-order valence-electron chi connectivity index (χ2n) is 5.48. The van der Waals surface area contributed by atoms with Gasteiger partial charge in [-0.2, -0.15) is 0 Å². The summed E-state index contributed by atoms with van der Waals surface area (Å²) in [5.74, 6) is -0.520. The maximum absolute atomic E-state index is 11.4. The highest BCUT2D eigenvalue weighted by molar-refractivity contribution is 5.89. The Balaban J connectivity index is 2.08. The number of hydrogen-bond donors (Lipinski definition) is 1. The summed E-state index contributed by atoms with van der Waals surface area (Å²) in [5, 5.41) is 9.33. The van der Waals surface area contributed by atoms with Crippen molar-refractivity contribution in [2.75, 3.05) is 6.61 Å². The Labute approximate surface area is 142 Å². The number of nitrogens with zero attached hydrogens (tertiary/aromatic N) is 1. The van der Waals surface area contributed by atoms with Gasteiger partial charge in [-0.3, -0.25) is 0 Å².